The van der Waals surface area contributed by atoms with Gasteiger partial charge in [0.2, 0.25) is 11.8 Å². The molecule has 0 spiro atoms. The number of amides is 3. The standard InChI is InChI=1S/C21H23N3O3/c1-15-5-2-3-6-18(15)21(27)23-14-19(25)22-13-16-8-10-17(11-9-16)24-12-4-7-20(24)26/h2-3,5-6,8-11H,4,7,12-14H2,1H3,(H,22,25)(H,23,27). The molecule has 3 rings (SSSR count). The second-order valence-corrected chi connectivity index (χ2v) is 6.59. The summed E-state index contributed by atoms with van der Waals surface area (Å²) in [5.74, 6) is -0.362. The van der Waals surface area contributed by atoms with Gasteiger partial charge in [-0.1, -0.05) is 30.3 Å². The summed E-state index contributed by atoms with van der Waals surface area (Å²) >= 11 is 0. The molecule has 1 heterocycles. The Morgan fingerprint density at radius 1 is 1.04 bits per heavy atom. The highest BCUT2D eigenvalue weighted by molar-refractivity contribution is 5.97. The van der Waals surface area contributed by atoms with Crippen LogP contribution in [0.5, 0.6) is 0 Å². The van der Waals surface area contributed by atoms with Gasteiger partial charge in [-0.3, -0.25) is 14.4 Å². The number of hydrogen-bond donors (Lipinski definition) is 2. The van der Waals surface area contributed by atoms with Crippen molar-refractivity contribution in [2.75, 3.05) is 18.0 Å². The van der Waals surface area contributed by atoms with E-state index in [1.165, 1.54) is 0 Å². The number of hydrogen-bond acceptors (Lipinski definition) is 3. The third kappa shape index (κ3) is 4.73. The van der Waals surface area contributed by atoms with Crippen molar-refractivity contribution < 1.29 is 14.4 Å². The second kappa shape index (κ2) is 8.49. The molecular formula is C21H23N3O3. The molecule has 6 heteroatoms. The van der Waals surface area contributed by atoms with Gasteiger partial charge in [0.25, 0.3) is 5.91 Å². The number of nitrogens with one attached hydrogen (secondary N) is 2. The minimum Gasteiger partial charge on any atom is -0.350 e. The van der Waals surface area contributed by atoms with Crippen LogP contribution in [0.3, 0.4) is 0 Å². The van der Waals surface area contributed by atoms with Gasteiger partial charge in [0.15, 0.2) is 0 Å². The molecule has 0 aliphatic carbocycles. The van der Waals surface area contributed by atoms with Gasteiger partial charge >= 0.3 is 0 Å². The van der Waals surface area contributed by atoms with E-state index in [2.05, 4.69) is 10.6 Å². The van der Waals surface area contributed by atoms with Gasteiger partial charge in [-0.2, -0.15) is 0 Å². The summed E-state index contributed by atoms with van der Waals surface area (Å²) in [6.45, 7) is 2.91. The molecule has 1 fully saturated rings. The van der Waals surface area contributed by atoms with Crippen LogP contribution >= 0.6 is 0 Å². The number of carbonyl (C=O) groups is 3. The molecular weight excluding hydrogens is 342 g/mol. The lowest BCUT2D eigenvalue weighted by Gasteiger charge is -2.16. The normalized spacial score (nSPS) is 13.5. The van der Waals surface area contributed by atoms with E-state index in [9.17, 15) is 14.4 Å². The zero-order chi connectivity index (χ0) is 19.2. The van der Waals surface area contributed by atoms with Crippen molar-refractivity contribution in [1.29, 1.82) is 0 Å². The number of anilines is 1. The van der Waals surface area contributed by atoms with Crippen LogP contribution < -0.4 is 15.5 Å². The zero-order valence-corrected chi connectivity index (χ0v) is 15.3. The van der Waals surface area contributed by atoms with Crippen molar-refractivity contribution in [1.82, 2.24) is 10.6 Å². The minimum absolute atomic E-state index is 0.0759. The highest BCUT2D eigenvalue weighted by Crippen LogP contribution is 2.21. The average Bonchev–Trinajstić information content (AvgIpc) is 3.11. The molecule has 2 aromatic carbocycles. The smallest absolute Gasteiger partial charge is 0.251 e. The van der Waals surface area contributed by atoms with Crippen molar-refractivity contribution in [2.45, 2.75) is 26.3 Å². The first-order valence-corrected chi connectivity index (χ1v) is 9.04. The number of nitrogens with zero attached hydrogens (tertiary/aromatic N) is 1. The highest BCUT2D eigenvalue weighted by atomic mass is 16.2. The molecule has 1 aliphatic rings. The predicted molar refractivity (Wildman–Crippen MR) is 103 cm³/mol. The van der Waals surface area contributed by atoms with Crippen LogP contribution in [0, 0.1) is 6.92 Å². The zero-order valence-electron chi connectivity index (χ0n) is 15.3. The van der Waals surface area contributed by atoms with Crippen LogP contribution in [0.4, 0.5) is 5.69 Å². The van der Waals surface area contributed by atoms with Crippen LogP contribution in [0.1, 0.15) is 34.3 Å². The lowest BCUT2D eigenvalue weighted by Crippen LogP contribution is -2.36. The molecule has 1 aliphatic heterocycles. The maximum Gasteiger partial charge on any atom is 0.251 e. The number of benzene rings is 2. The van der Waals surface area contributed by atoms with E-state index in [-0.39, 0.29) is 24.3 Å². The molecule has 140 valence electrons. The molecule has 0 saturated carbocycles. The average molecular weight is 365 g/mol. The fourth-order valence-electron chi connectivity index (χ4n) is 3.06. The Morgan fingerprint density at radius 3 is 2.44 bits per heavy atom. The molecule has 2 N–H and O–H groups in total. The molecule has 6 nitrogen and oxygen atoms in total. The maximum absolute atomic E-state index is 12.1. The summed E-state index contributed by atoms with van der Waals surface area (Å²) in [4.78, 5) is 37.6. The number of aryl methyl sites for hydroxylation is 1. The first-order valence-electron chi connectivity index (χ1n) is 9.04. The van der Waals surface area contributed by atoms with Gasteiger partial charge in [-0.15, -0.1) is 0 Å². The number of carbonyl (C=O) groups excluding carboxylic acids is 3. The highest BCUT2D eigenvalue weighted by Gasteiger charge is 2.21. The summed E-state index contributed by atoms with van der Waals surface area (Å²) in [6.07, 6.45) is 1.50. The molecule has 2 aromatic rings. The predicted octanol–water partition coefficient (Wildman–Crippen LogP) is 2.17. The SMILES string of the molecule is Cc1ccccc1C(=O)NCC(=O)NCc1ccc(N2CCCC2=O)cc1. The molecule has 1 saturated heterocycles. The van der Waals surface area contributed by atoms with Gasteiger partial charge in [-0.05, 0) is 42.7 Å². The van der Waals surface area contributed by atoms with E-state index >= 15 is 0 Å². The quantitative estimate of drug-likeness (QED) is 0.823. The summed E-state index contributed by atoms with van der Waals surface area (Å²) < 4.78 is 0. The topological polar surface area (TPSA) is 78.5 Å². The van der Waals surface area contributed by atoms with Crippen molar-refractivity contribution in [3.8, 4) is 0 Å². The second-order valence-electron chi connectivity index (χ2n) is 6.59. The largest absolute Gasteiger partial charge is 0.350 e. The van der Waals surface area contributed by atoms with Gasteiger partial charge in [-0.25, -0.2) is 0 Å². The van der Waals surface area contributed by atoms with Gasteiger partial charge in [0.1, 0.15) is 0 Å². The van der Waals surface area contributed by atoms with E-state index in [1.54, 1.807) is 17.0 Å². The van der Waals surface area contributed by atoms with Crippen LogP contribution in [0.25, 0.3) is 0 Å². The summed E-state index contributed by atoms with van der Waals surface area (Å²) in [5, 5.41) is 5.42. The Morgan fingerprint density at radius 2 is 1.78 bits per heavy atom. The summed E-state index contributed by atoms with van der Waals surface area (Å²) in [5.41, 5.74) is 3.26. The third-order valence-electron chi connectivity index (χ3n) is 4.61. The Labute approximate surface area is 158 Å². The first-order chi connectivity index (χ1) is 13.0. The van der Waals surface area contributed by atoms with Crippen LogP contribution in [0.15, 0.2) is 48.5 Å². The maximum atomic E-state index is 12.1. The van der Waals surface area contributed by atoms with Gasteiger partial charge in [0.05, 0.1) is 6.54 Å². The van der Waals surface area contributed by atoms with E-state index in [1.807, 2.05) is 43.3 Å². The summed E-state index contributed by atoms with van der Waals surface area (Å²) in [7, 11) is 0. The molecule has 3 amide bonds. The first kappa shape index (κ1) is 18.6. The molecule has 0 bridgehead atoms. The Bertz CT molecular complexity index is 846. The fraction of sp³-hybridized carbons (Fsp3) is 0.286. The molecule has 0 unspecified atom stereocenters. The van der Waals surface area contributed by atoms with Crippen LogP contribution in [0.2, 0.25) is 0 Å². The van der Waals surface area contributed by atoms with E-state index in [0.29, 0.717) is 18.5 Å². The molecule has 0 radical (unpaired) electrons. The summed E-state index contributed by atoms with van der Waals surface area (Å²) in [6, 6.07) is 14.8. The monoisotopic (exact) mass is 365 g/mol. The van der Waals surface area contributed by atoms with Crippen molar-refractivity contribution in [3.05, 3.63) is 65.2 Å². The van der Waals surface area contributed by atoms with Crippen LogP contribution in [-0.4, -0.2) is 30.8 Å². The van der Waals surface area contributed by atoms with Gasteiger partial charge < -0.3 is 15.5 Å². The van der Waals surface area contributed by atoms with E-state index in [4.69, 9.17) is 0 Å². The Hall–Kier alpha value is -3.15. The Kier molecular flexibility index (Phi) is 5.86. The van der Waals surface area contributed by atoms with Crippen molar-refractivity contribution in [3.63, 3.8) is 0 Å². The van der Waals surface area contributed by atoms with Gasteiger partial charge in [0, 0.05) is 30.8 Å². The van der Waals surface area contributed by atoms with Crippen LogP contribution in [-0.2, 0) is 16.1 Å². The van der Waals surface area contributed by atoms with Crippen molar-refractivity contribution in [2.24, 2.45) is 0 Å². The Balaban J connectivity index is 1.46. The molecule has 0 atom stereocenters. The molecule has 0 aromatic heterocycles. The van der Waals surface area contributed by atoms with E-state index in [0.717, 1.165) is 29.8 Å². The molecule has 27 heavy (non-hydrogen) atoms. The lowest BCUT2D eigenvalue weighted by atomic mass is 10.1. The fourth-order valence-corrected chi connectivity index (χ4v) is 3.06. The lowest BCUT2D eigenvalue weighted by molar-refractivity contribution is -0.120. The third-order valence-corrected chi connectivity index (χ3v) is 4.61. The van der Waals surface area contributed by atoms with E-state index < -0.39 is 0 Å². The number of rotatable bonds is 6. The minimum atomic E-state index is -0.261. The van der Waals surface area contributed by atoms with Crippen molar-refractivity contribution >= 4 is 23.4 Å².